The van der Waals surface area contributed by atoms with Crippen molar-refractivity contribution in [2.75, 3.05) is 0 Å². The van der Waals surface area contributed by atoms with Crippen LogP contribution in [0.2, 0.25) is 0 Å². The summed E-state index contributed by atoms with van der Waals surface area (Å²) in [4.78, 5) is 0. The van der Waals surface area contributed by atoms with Crippen molar-refractivity contribution in [2.45, 2.75) is 12.8 Å². The zero-order chi connectivity index (χ0) is 11.9. The highest BCUT2D eigenvalue weighted by Crippen LogP contribution is 2.30. The zero-order valence-corrected chi connectivity index (χ0v) is 10.2. The second kappa shape index (κ2) is 3.71. The standard InChI is InChI=1S/C18H14/c1-3-13-7-9-17(11-15(13)5-1)18-10-8-14-4-2-6-16(14)12-18/h1-4,7-12H,5-6H2. The Labute approximate surface area is 107 Å². The Morgan fingerprint density at radius 1 is 0.611 bits per heavy atom. The Morgan fingerprint density at radius 2 is 1.11 bits per heavy atom. The molecule has 0 heteroatoms. The Kier molecular flexibility index (Phi) is 2.04. The van der Waals surface area contributed by atoms with Crippen molar-refractivity contribution < 1.29 is 0 Å². The first-order chi connectivity index (χ1) is 8.90. The van der Waals surface area contributed by atoms with Crippen LogP contribution in [0.3, 0.4) is 0 Å². The van der Waals surface area contributed by atoms with Crippen molar-refractivity contribution >= 4 is 12.2 Å². The molecule has 0 N–H and O–H groups in total. The van der Waals surface area contributed by atoms with Crippen LogP contribution in [0.5, 0.6) is 0 Å². The largest absolute Gasteiger partial charge is 0.0795 e. The summed E-state index contributed by atoms with van der Waals surface area (Å²) in [5.74, 6) is 0. The van der Waals surface area contributed by atoms with Gasteiger partial charge in [-0.15, -0.1) is 0 Å². The van der Waals surface area contributed by atoms with Gasteiger partial charge in [0.1, 0.15) is 0 Å². The first-order valence-corrected chi connectivity index (χ1v) is 6.49. The van der Waals surface area contributed by atoms with Gasteiger partial charge in [-0.25, -0.2) is 0 Å². The highest BCUT2D eigenvalue weighted by atomic mass is 14.1. The van der Waals surface area contributed by atoms with Gasteiger partial charge in [0.15, 0.2) is 0 Å². The smallest absolute Gasteiger partial charge is 0.00880 e. The van der Waals surface area contributed by atoms with Crippen molar-refractivity contribution in [3.05, 3.63) is 70.8 Å². The fraction of sp³-hybridized carbons (Fsp3) is 0.111. The van der Waals surface area contributed by atoms with E-state index < -0.39 is 0 Å². The van der Waals surface area contributed by atoms with Crippen LogP contribution in [0.1, 0.15) is 22.3 Å². The van der Waals surface area contributed by atoms with Gasteiger partial charge in [0.05, 0.1) is 0 Å². The molecule has 0 amide bonds. The van der Waals surface area contributed by atoms with E-state index in [1.54, 1.807) is 0 Å². The Bertz CT molecular complexity index is 626. The molecule has 0 saturated heterocycles. The van der Waals surface area contributed by atoms with Gasteiger partial charge >= 0.3 is 0 Å². The molecule has 0 heterocycles. The summed E-state index contributed by atoms with van der Waals surface area (Å²) in [6, 6.07) is 13.6. The second-order valence-corrected chi connectivity index (χ2v) is 5.04. The molecular weight excluding hydrogens is 216 g/mol. The molecule has 2 aromatic carbocycles. The monoisotopic (exact) mass is 230 g/mol. The maximum Gasteiger partial charge on any atom is -0.00880 e. The molecule has 4 rings (SSSR count). The van der Waals surface area contributed by atoms with E-state index in [0.717, 1.165) is 12.8 Å². The number of benzene rings is 2. The van der Waals surface area contributed by atoms with E-state index in [0.29, 0.717) is 0 Å². The van der Waals surface area contributed by atoms with Gasteiger partial charge in [-0.2, -0.15) is 0 Å². The summed E-state index contributed by atoms with van der Waals surface area (Å²) in [6.45, 7) is 0. The minimum absolute atomic E-state index is 1.08. The van der Waals surface area contributed by atoms with E-state index in [2.05, 4.69) is 60.7 Å². The summed E-state index contributed by atoms with van der Waals surface area (Å²) >= 11 is 0. The van der Waals surface area contributed by atoms with E-state index in [1.807, 2.05) is 0 Å². The fourth-order valence-electron chi connectivity index (χ4n) is 2.88. The van der Waals surface area contributed by atoms with E-state index in [1.165, 1.54) is 33.4 Å². The first-order valence-electron chi connectivity index (χ1n) is 6.49. The third kappa shape index (κ3) is 1.46. The van der Waals surface area contributed by atoms with Gasteiger partial charge in [-0.3, -0.25) is 0 Å². The van der Waals surface area contributed by atoms with E-state index in [9.17, 15) is 0 Å². The molecule has 2 aliphatic carbocycles. The van der Waals surface area contributed by atoms with Gasteiger partial charge in [0.2, 0.25) is 0 Å². The van der Waals surface area contributed by atoms with Crippen LogP contribution < -0.4 is 0 Å². The predicted octanol–water partition coefficient (Wildman–Crippen LogP) is 4.49. The fourth-order valence-corrected chi connectivity index (χ4v) is 2.88. The third-order valence-electron chi connectivity index (χ3n) is 3.89. The summed E-state index contributed by atoms with van der Waals surface area (Å²) in [6.07, 6.45) is 11.1. The lowest BCUT2D eigenvalue weighted by molar-refractivity contribution is 1.30. The van der Waals surface area contributed by atoms with Crippen molar-refractivity contribution in [1.82, 2.24) is 0 Å². The van der Waals surface area contributed by atoms with E-state index in [-0.39, 0.29) is 0 Å². The van der Waals surface area contributed by atoms with Crippen LogP contribution in [0, 0.1) is 0 Å². The van der Waals surface area contributed by atoms with Crippen LogP contribution in [0.15, 0.2) is 48.6 Å². The molecule has 0 saturated carbocycles. The quantitative estimate of drug-likeness (QED) is 0.677. The number of allylic oxidation sites excluding steroid dienone is 2. The molecule has 0 fully saturated rings. The highest BCUT2D eigenvalue weighted by Gasteiger charge is 2.09. The SMILES string of the molecule is C1=Cc2ccc(-c3ccc4c(c3)CC=C4)cc2C1. The summed E-state index contributed by atoms with van der Waals surface area (Å²) < 4.78 is 0. The molecule has 0 spiro atoms. The molecule has 0 aromatic heterocycles. The normalized spacial score (nSPS) is 14.9. The Hall–Kier alpha value is -2.08. The first kappa shape index (κ1) is 9.90. The summed E-state index contributed by atoms with van der Waals surface area (Å²) in [7, 11) is 0. The number of fused-ring (bicyclic) bond motifs is 2. The molecule has 0 unspecified atom stereocenters. The zero-order valence-electron chi connectivity index (χ0n) is 10.2. The lowest BCUT2D eigenvalue weighted by Crippen LogP contribution is -1.87. The Balaban J connectivity index is 1.80. The molecule has 0 aliphatic heterocycles. The van der Waals surface area contributed by atoms with Crippen LogP contribution in [0.4, 0.5) is 0 Å². The van der Waals surface area contributed by atoms with Crippen molar-refractivity contribution in [3.63, 3.8) is 0 Å². The molecule has 2 aromatic rings. The van der Waals surface area contributed by atoms with Crippen molar-refractivity contribution in [2.24, 2.45) is 0 Å². The van der Waals surface area contributed by atoms with Crippen molar-refractivity contribution in [3.8, 4) is 11.1 Å². The Morgan fingerprint density at radius 3 is 1.61 bits per heavy atom. The average Bonchev–Trinajstić information content (AvgIpc) is 3.05. The maximum atomic E-state index is 2.33. The minimum Gasteiger partial charge on any atom is -0.0795 e. The number of hydrogen-bond donors (Lipinski definition) is 0. The van der Waals surface area contributed by atoms with Gasteiger partial charge in [0.25, 0.3) is 0 Å². The summed E-state index contributed by atoms with van der Waals surface area (Å²) in [5, 5.41) is 0. The van der Waals surface area contributed by atoms with Gasteiger partial charge in [0, 0.05) is 0 Å². The van der Waals surface area contributed by atoms with Crippen LogP contribution in [0.25, 0.3) is 23.3 Å². The van der Waals surface area contributed by atoms with Crippen molar-refractivity contribution in [1.29, 1.82) is 0 Å². The van der Waals surface area contributed by atoms with Gasteiger partial charge in [-0.05, 0) is 46.2 Å². The third-order valence-corrected chi connectivity index (χ3v) is 3.89. The van der Waals surface area contributed by atoms with Crippen LogP contribution in [-0.4, -0.2) is 0 Å². The molecule has 0 atom stereocenters. The molecule has 0 bridgehead atoms. The van der Waals surface area contributed by atoms with Crippen LogP contribution in [-0.2, 0) is 12.8 Å². The minimum atomic E-state index is 1.08. The van der Waals surface area contributed by atoms with Crippen LogP contribution >= 0.6 is 0 Å². The van der Waals surface area contributed by atoms with Gasteiger partial charge in [-0.1, -0.05) is 60.7 Å². The highest BCUT2D eigenvalue weighted by molar-refractivity contribution is 5.73. The molecule has 0 nitrogen and oxygen atoms in total. The van der Waals surface area contributed by atoms with Gasteiger partial charge < -0.3 is 0 Å². The lowest BCUT2D eigenvalue weighted by Gasteiger charge is -2.07. The second-order valence-electron chi connectivity index (χ2n) is 5.04. The topological polar surface area (TPSA) is 0 Å². The molecule has 86 valence electrons. The summed E-state index contributed by atoms with van der Waals surface area (Å²) in [5.41, 5.74) is 8.33. The van der Waals surface area contributed by atoms with E-state index >= 15 is 0 Å². The maximum absolute atomic E-state index is 2.33. The molecule has 18 heavy (non-hydrogen) atoms. The molecule has 0 radical (unpaired) electrons. The number of rotatable bonds is 1. The van der Waals surface area contributed by atoms with E-state index in [4.69, 9.17) is 0 Å². The molecular formula is C18H14. The molecule has 2 aliphatic rings. The number of hydrogen-bond acceptors (Lipinski definition) is 0. The average molecular weight is 230 g/mol. The lowest BCUT2D eigenvalue weighted by atomic mass is 9.97. The predicted molar refractivity (Wildman–Crippen MR) is 77.4 cm³/mol.